The first kappa shape index (κ1) is 12.9. The van der Waals surface area contributed by atoms with Gasteiger partial charge in [-0.2, -0.15) is 0 Å². The number of carboxylic acids is 1. The first-order valence-corrected chi connectivity index (χ1v) is 6.47. The highest BCUT2D eigenvalue weighted by atomic mass is 35.5. The number of hydrogen-bond donors (Lipinski definition) is 1. The van der Waals surface area contributed by atoms with Gasteiger partial charge < -0.3 is 5.11 Å². The summed E-state index contributed by atoms with van der Waals surface area (Å²) in [4.78, 5) is 10.6. The maximum Gasteiger partial charge on any atom is 0.313 e. The van der Waals surface area contributed by atoms with Crippen molar-refractivity contribution in [3.63, 3.8) is 0 Å². The molecule has 0 aliphatic carbocycles. The molecular weight excluding hydrogens is 274 g/mol. The molecule has 0 aliphatic rings. The first-order valence-electron chi connectivity index (χ1n) is 5.10. The highest BCUT2D eigenvalue weighted by Crippen LogP contribution is 2.23. The van der Waals surface area contributed by atoms with E-state index < -0.39 is 5.97 Å². The summed E-state index contributed by atoms with van der Waals surface area (Å²) in [5, 5.41) is 17.8. The van der Waals surface area contributed by atoms with Crippen LogP contribution >= 0.6 is 23.4 Å². The summed E-state index contributed by atoms with van der Waals surface area (Å²) in [7, 11) is 0. The van der Waals surface area contributed by atoms with E-state index in [4.69, 9.17) is 16.7 Å². The van der Waals surface area contributed by atoms with Crippen LogP contribution in [0.4, 0.5) is 0 Å². The number of aliphatic carboxylic acids is 1. The lowest BCUT2D eigenvalue weighted by Crippen LogP contribution is -2.02. The monoisotopic (exact) mass is 283 g/mol. The third-order valence-electron chi connectivity index (χ3n) is 2.19. The Morgan fingerprint density at radius 1 is 1.50 bits per heavy atom. The zero-order valence-electron chi connectivity index (χ0n) is 9.50. The number of aryl methyl sites for hydroxylation is 1. The minimum atomic E-state index is -0.890. The van der Waals surface area contributed by atoms with Gasteiger partial charge in [-0.25, -0.2) is 0 Å². The summed E-state index contributed by atoms with van der Waals surface area (Å²) < 4.78 is 1.78. The molecule has 7 heteroatoms. The van der Waals surface area contributed by atoms with E-state index >= 15 is 0 Å². The minimum absolute atomic E-state index is 0.0568. The van der Waals surface area contributed by atoms with Crippen molar-refractivity contribution in [2.75, 3.05) is 5.75 Å². The van der Waals surface area contributed by atoms with Crippen LogP contribution in [0.1, 0.15) is 5.82 Å². The Labute approximate surface area is 113 Å². The van der Waals surface area contributed by atoms with E-state index in [-0.39, 0.29) is 5.75 Å². The zero-order valence-corrected chi connectivity index (χ0v) is 11.1. The average Bonchev–Trinajstić information content (AvgIpc) is 2.68. The standard InChI is InChI=1S/C11H10ClN3O2S/c1-7-13-14-11(18-6-10(16)17)15(7)9-4-2-3-8(12)5-9/h2-5H,6H2,1H3,(H,16,17). The number of halogens is 1. The fourth-order valence-electron chi connectivity index (χ4n) is 1.48. The largest absolute Gasteiger partial charge is 0.481 e. The Morgan fingerprint density at radius 2 is 2.28 bits per heavy atom. The summed E-state index contributed by atoms with van der Waals surface area (Å²) >= 11 is 7.06. The van der Waals surface area contributed by atoms with Crippen molar-refractivity contribution < 1.29 is 9.90 Å². The molecule has 94 valence electrons. The van der Waals surface area contributed by atoms with Gasteiger partial charge in [0.05, 0.1) is 11.4 Å². The smallest absolute Gasteiger partial charge is 0.313 e. The molecule has 1 aromatic heterocycles. The molecule has 0 unspecified atom stereocenters. The molecule has 1 heterocycles. The van der Waals surface area contributed by atoms with Gasteiger partial charge in [-0.15, -0.1) is 10.2 Å². The van der Waals surface area contributed by atoms with Crippen molar-refractivity contribution in [1.82, 2.24) is 14.8 Å². The molecule has 0 fully saturated rings. The van der Waals surface area contributed by atoms with E-state index in [2.05, 4.69) is 10.2 Å². The number of benzene rings is 1. The van der Waals surface area contributed by atoms with Crippen LogP contribution in [-0.2, 0) is 4.79 Å². The number of carboxylic acid groups (broad SMARTS) is 1. The molecule has 0 radical (unpaired) electrons. The first-order chi connectivity index (χ1) is 8.58. The molecule has 0 bridgehead atoms. The molecule has 0 amide bonds. The number of carbonyl (C=O) groups is 1. The van der Waals surface area contributed by atoms with Gasteiger partial charge in [0.15, 0.2) is 5.16 Å². The van der Waals surface area contributed by atoms with E-state index in [1.54, 1.807) is 23.6 Å². The SMILES string of the molecule is Cc1nnc(SCC(=O)O)n1-c1cccc(Cl)c1. The molecule has 18 heavy (non-hydrogen) atoms. The summed E-state index contributed by atoms with van der Waals surface area (Å²) in [5.74, 6) is -0.262. The summed E-state index contributed by atoms with van der Waals surface area (Å²) in [5.41, 5.74) is 0.817. The van der Waals surface area contributed by atoms with Crippen LogP contribution in [0.5, 0.6) is 0 Å². The molecule has 0 aliphatic heterocycles. The van der Waals surface area contributed by atoms with Crippen LogP contribution in [0.3, 0.4) is 0 Å². The second kappa shape index (κ2) is 5.41. The zero-order chi connectivity index (χ0) is 13.1. The second-order valence-corrected chi connectivity index (χ2v) is 4.91. The van der Waals surface area contributed by atoms with Crippen LogP contribution in [0, 0.1) is 6.92 Å². The number of rotatable bonds is 4. The minimum Gasteiger partial charge on any atom is -0.481 e. The van der Waals surface area contributed by atoms with Crippen molar-refractivity contribution in [1.29, 1.82) is 0 Å². The number of hydrogen-bond acceptors (Lipinski definition) is 4. The lowest BCUT2D eigenvalue weighted by molar-refractivity contribution is -0.133. The molecule has 0 spiro atoms. The molecular formula is C11H10ClN3O2S. The second-order valence-electron chi connectivity index (χ2n) is 3.53. The van der Waals surface area contributed by atoms with Crippen molar-refractivity contribution >= 4 is 29.3 Å². The Bertz CT molecular complexity index is 585. The quantitative estimate of drug-likeness (QED) is 0.873. The third-order valence-corrected chi connectivity index (χ3v) is 3.34. The molecule has 5 nitrogen and oxygen atoms in total. The highest BCUT2D eigenvalue weighted by molar-refractivity contribution is 7.99. The van der Waals surface area contributed by atoms with Crippen LogP contribution in [0.2, 0.25) is 5.02 Å². The van der Waals surface area contributed by atoms with Gasteiger partial charge in [0.1, 0.15) is 5.82 Å². The van der Waals surface area contributed by atoms with Crippen molar-refractivity contribution in [2.45, 2.75) is 12.1 Å². The maximum absolute atomic E-state index is 10.6. The number of thioether (sulfide) groups is 1. The average molecular weight is 284 g/mol. The topological polar surface area (TPSA) is 68.0 Å². The fourth-order valence-corrected chi connectivity index (χ4v) is 2.38. The van der Waals surface area contributed by atoms with Gasteiger partial charge >= 0.3 is 5.97 Å². The molecule has 0 saturated carbocycles. The Morgan fingerprint density at radius 3 is 2.94 bits per heavy atom. The lowest BCUT2D eigenvalue weighted by atomic mass is 10.3. The fraction of sp³-hybridized carbons (Fsp3) is 0.182. The number of aromatic nitrogens is 3. The van der Waals surface area contributed by atoms with Crippen molar-refractivity contribution in [3.05, 3.63) is 35.1 Å². The molecule has 1 aromatic carbocycles. The Hall–Kier alpha value is -1.53. The third kappa shape index (κ3) is 2.83. The van der Waals surface area contributed by atoms with Gasteiger partial charge in [-0.3, -0.25) is 9.36 Å². The van der Waals surface area contributed by atoms with Gasteiger partial charge in [-0.05, 0) is 25.1 Å². The Kier molecular flexibility index (Phi) is 3.88. The summed E-state index contributed by atoms with van der Waals surface area (Å²) in [6.07, 6.45) is 0. The Balaban J connectivity index is 2.37. The summed E-state index contributed by atoms with van der Waals surface area (Å²) in [6, 6.07) is 7.24. The van der Waals surface area contributed by atoms with Crippen molar-refractivity contribution in [3.8, 4) is 5.69 Å². The lowest BCUT2D eigenvalue weighted by Gasteiger charge is -2.07. The van der Waals surface area contributed by atoms with Crippen LogP contribution in [-0.4, -0.2) is 31.6 Å². The summed E-state index contributed by atoms with van der Waals surface area (Å²) in [6.45, 7) is 1.80. The molecule has 1 N–H and O–H groups in total. The van der Waals surface area contributed by atoms with E-state index in [1.807, 2.05) is 12.1 Å². The van der Waals surface area contributed by atoms with Crippen molar-refractivity contribution in [2.24, 2.45) is 0 Å². The van der Waals surface area contributed by atoms with E-state index in [0.717, 1.165) is 17.4 Å². The van der Waals surface area contributed by atoms with Gasteiger partial charge in [0.2, 0.25) is 0 Å². The van der Waals surface area contributed by atoms with Crippen LogP contribution in [0.25, 0.3) is 5.69 Å². The van der Waals surface area contributed by atoms with E-state index in [9.17, 15) is 4.79 Å². The maximum atomic E-state index is 10.6. The molecule has 0 saturated heterocycles. The van der Waals surface area contributed by atoms with Crippen LogP contribution in [0.15, 0.2) is 29.4 Å². The van der Waals surface area contributed by atoms with Crippen LogP contribution < -0.4 is 0 Å². The molecule has 0 atom stereocenters. The number of nitrogens with zero attached hydrogens (tertiary/aromatic N) is 3. The molecule has 2 aromatic rings. The van der Waals surface area contributed by atoms with Gasteiger partial charge in [0, 0.05) is 5.02 Å². The van der Waals surface area contributed by atoms with Gasteiger partial charge in [0.25, 0.3) is 0 Å². The predicted molar refractivity (Wildman–Crippen MR) is 69.5 cm³/mol. The highest BCUT2D eigenvalue weighted by Gasteiger charge is 2.12. The van der Waals surface area contributed by atoms with E-state index in [1.165, 1.54) is 0 Å². The molecule has 2 rings (SSSR count). The normalized spacial score (nSPS) is 10.6. The predicted octanol–water partition coefficient (Wildman–Crippen LogP) is 2.41. The van der Waals surface area contributed by atoms with E-state index in [0.29, 0.717) is 16.0 Å². The van der Waals surface area contributed by atoms with Gasteiger partial charge in [-0.1, -0.05) is 29.4 Å².